The lowest BCUT2D eigenvalue weighted by Gasteiger charge is -2.19. The summed E-state index contributed by atoms with van der Waals surface area (Å²) in [6, 6.07) is 14.0. The van der Waals surface area contributed by atoms with Crippen molar-refractivity contribution in [1.29, 1.82) is 0 Å². The number of rotatable bonds is 6. The number of pyridine rings is 3. The molecule has 5 rings (SSSR count). The van der Waals surface area contributed by atoms with E-state index in [4.69, 9.17) is 9.72 Å². The van der Waals surface area contributed by atoms with Gasteiger partial charge in [-0.25, -0.2) is 14.4 Å². The van der Waals surface area contributed by atoms with E-state index in [0.29, 0.717) is 38.4 Å². The van der Waals surface area contributed by atoms with Gasteiger partial charge in [0.25, 0.3) is 5.56 Å². The molecule has 4 aromatic heterocycles. The van der Waals surface area contributed by atoms with Crippen LogP contribution in [0.4, 0.5) is 4.39 Å². The maximum atomic E-state index is 13.9. The largest absolute Gasteiger partial charge is 0.481 e. The van der Waals surface area contributed by atoms with Crippen LogP contribution < -0.4 is 10.3 Å². The molecule has 1 aromatic carbocycles. The highest BCUT2D eigenvalue weighted by Crippen LogP contribution is 2.28. The van der Waals surface area contributed by atoms with Crippen molar-refractivity contribution in [1.82, 2.24) is 24.7 Å². The molecule has 0 aliphatic carbocycles. The van der Waals surface area contributed by atoms with E-state index in [2.05, 4.69) is 31.1 Å². The highest BCUT2D eigenvalue weighted by molar-refractivity contribution is 9.10. The number of aromatic amines is 1. The Bertz CT molecular complexity index is 1560. The first-order valence-electron chi connectivity index (χ1n) is 10.6. The van der Waals surface area contributed by atoms with Crippen LogP contribution in [0.5, 0.6) is 5.88 Å². The number of H-pyrrole nitrogens is 1. The number of nitrogens with zero attached hydrogens (tertiary/aromatic N) is 4. The van der Waals surface area contributed by atoms with Gasteiger partial charge >= 0.3 is 0 Å². The van der Waals surface area contributed by atoms with Crippen molar-refractivity contribution in [3.8, 4) is 28.4 Å². The first kappa shape index (κ1) is 22.9. The van der Waals surface area contributed by atoms with Crippen LogP contribution in [0, 0.1) is 5.82 Å². The Morgan fingerprint density at radius 3 is 2.69 bits per heavy atom. The normalized spacial score (nSPS) is 12.1. The molecule has 0 aliphatic rings. The monoisotopic (exact) mass is 535 g/mol. The molecule has 1 atom stereocenters. The average molecular weight is 536 g/mol. The lowest BCUT2D eigenvalue weighted by Crippen LogP contribution is -2.27. The Balaban J connectivity index is 1.52. The van der Waals surface area contributed by atoms with Crippen LogP contribution in [0.25, 0.3) is 33.5 Å². The number of fused-ring (bicyclic) bond motifs is 1. The second-order valence-electron chi connectivity index (χ2n) is 7.82. The highest BCUT2D eigenvalue weighted by Gasteiger charge is 2.17. The van der Waals surface area contributed by atoms with Crippen LogP contribution in [0.3, 0.4) is 0 Å². The number of benzene rings is 1. The third kappa shape index (κ3) is 4.45. The second kappa shape index (κ2) is 9.40. The molecule has 0 amide bonds. The van der Waals surface area contributed by atoms with E-state index < -0.39 is 11.9 Å². The van der Waals surface area contributed by atoms with E-state index in [-0.39, 0.29) is 12.2 Å². The first-order valence-corrected chi connectivity index (χ1v) is 11.4. The quantitative estimate of drug-likeness (QED) is 0.335. The molecule has 0 fully saturated rings. The molecule has 35 heavy (non-hydrogen) atoms. The third-order valence-electron chi connectivity index (χ3n) is 5.65. The van der Waals surface area contributed by atoms with Gasteiger partial charge in [-0.2, -0.15) is 5.10 Å². The summed E-state index contributed by atoms with van der Waals surface area (Å²) >= 11 is 3.25. The predicted octanol–water partition coefficient (Wildman–Crippen LogP) is 4.34. The predicted molar refractivity (Wildman–Crippen MR) is 133 cm³/mol. The maximum Gasteiger partial charge on any atom is 0.251 e. The van der Waals surface area contributed by atoms with Crippen molar-refractivity contribution >= 4 is 27.0 Å². The summed E-state index contributed by atoms with van der Waals surface area (Å²) in [4.78, 5) is 22.0. The zero-order chi connectivity index (χ0) is 24.5. The molecule has 4 heterocycles. The number of aliphatic hydroxyl groups is 1. The minimum Gasteiger partial charge on any atom is -0.481 e. The van der Waals surface area contributed by atoms with Crippen LogP contribution in [0.1, 0.15) is 11.6 Å². The standard InChI is InChI=1S/C25H19BrFN5O3/c1-35-22-5-2-15(12-28-22)24-25-20(30-31-24)4-3-19(29-25)14-6-7-32(23(34)10-14)21(13-33)16-8-17(26)11-18(27)9-16/h2-12,21,33H,13H2,1H3,(H,30,31). The topological polar surface area (TPSA) is 106 Å². The Morgan fingerprint density at radius 1 is 1.14 bits per heavy atom. The molecule has 5 aromatic rings. The van der Waals surface area contributed by atoms with Gasteiger partial charge in [0, 0.05) is 40.1 Å². The lowest BCUT2D eigenvalue weighted by atomic mass is 10.1. The van der Waals surface area contributed by atoms with Gasteiger partial charge in [0.05, 0.1) is 31.0 Å². The summed E-state index contributed by atoms with van der Waals surface area (Å²) < 4.78 is 20.9. The molecule has 0 bridgehead atoms. The number of aliphatic hydroxyl groups excluding tert-OH is 1. The molecular formula is C25H19BrFN5O3. The fourth-order valence-electron chi connectivity index (χ4n) is 3.93. The third-order valence-corrected chi connectivity index (χ3v) is 6.11. The lowest BCUT2D eigenvalue weighted by molar-refractivity contribution is 0.246. The molecule has 0 saturated carbocycles. The van der Waals surface area contributed by atoms with E-state index in [9.17, 15) is 14.3 Å². The second-order valence-corrected chi connectivity index (χ2v) is 8.73. The zero-order valence-electron chi connectivity index (χ0n) is 18.4. The average Bonchev–Trinajstić information content (AvgIpc) is 3.28. The minimum atomic E-state index is -0.734. The molecule has 176 valence electrons. The summed E-state index contributed by atoms with van der Waals surface area (Å²) in [6.07, 6.45) is 3.23. The van der Waals surface area contributed by atoms with Crippen molar-refractivity contribution in [3.63, 3.8) is 0 Å². The van der Waals surface area contributed by atoms with Gasteiger partial charge in [0.2, 0.25) is 5.88 Å². The van der Waals surface area contributed by atoms with Crippen molar-refractivity contribution in [2.24, 2.45) is 0 Å². The van der Waals surface area contributed by atoms with Crippen LogP contribution in [0.2, 0.25) is 0 Å². The number of hydrogen-bond donors (Lipinski definition) is 2. The summed E-state index contributed by atoms with van der Waals surface area (Å²) in [7, 11) is 1.55. The van der Waals surface area contributed by atoms with Crippen molar-refractivity contribution < 1.29 is 14.2 Å². The van der Waals surface area contributed by atoms with E-state index in [1.165, 1.54) is 22.8 Å². The summed E-state index contributed by atoms with van der Waals surface area (Å²) in [5.41, 5.74) is 4.08. The number of methoxy groups -OCH3 is 1. The molecule has 1 unspecified atom stereocenters. The summed E-state index contributed by atoms with van der Waals surface area (Å²) in [5, 5.41) is 17.3. The Labute approximate surface area is 207 Å². The summed E-state index contributed by atoms with van der Waals surface area (Å²) in [5.74, 6) is 0.0348. The van der Waals surface area contributed by atoms with E-state index in [1.807, 2.05) is 12.1 Å². The van der Waals surface area contributed by atoms with Crippen LogP contribution in [-0.2, 0) is 0 Å². The number of nitrogens with one attached hydrogen (secondary N) is 1. The van der Waals surface area contributed by atoms with Crippen LogP contribution in [0.15, 0.2) is 76.3 Å². The maximum absolute atomic E-state index is 13.9. The first-order chi connectivity index (χ1) is 17.0. The van der Waals surface area contributed by atoms with Gasteiger partial charge in [-0.1, -0.05) is 15.9 Å². The number of halogens is 2. The summed E-state index contributed by atoms with van der Waals surface area (Å²) in [6.45, 7) is -0.367. The minimum absolute atomic E-state index is 0.351. The fourth-order valence-corrected chi connectivity index (χ4v) is 4.41. The fraction of sp³-hybridized carbons (Fsp3) is 0.120. The Hall–Kier alpha value is -3.89. The highest BCUT2D eigenvalue weighted by atomic mass is 79.9. The van der Waals surface area contributed by atoms with Gasteiger partial charge in [-0.05, 0) is 48.0 Å². The van der Waals surface area contributed by atoms with Gasteiger partial charge < -0.3 is 14.4 Å². The molecule has 2 N–H and O–H groups in total. The smallest absolute Gasteiger partial charge is 0.251 e. The van der Waals surface area contributed by atoms with Gasteiger partial charge in [-0.3, -0.25) is 9.89 Å². The zero-order valence-corrected chi connectivity index (χ0v) is 20.0. The van der Waals surface area contributed by atoms with Gasteiger partial charge in [0.15, 0.2) is 0 Å². The molecule has 10 heteroatoms. The molecule has 8 nitrogen and oxygen atoms in total. The number of ether oxygens (including phenoxy) is 1. The molecular weight excluding hydrogens is 517 g/mol. The molecule has 0 spiro atoms. The number of hydrogen-bond acceptors (Lipinski definition) is 6. The van der Waals surface area contributed by atoms with Gasteiger partial charge in [0.1, 0.15) is 17.0 Å². The molecule has 0 radical (unpaired) electrons. The Kier molecular flexibility index (Phi) is 6.14. The van der Waals surface area contributed by atoms with Crippen LogP contribution in [-0.4, -0.2) is 43.6 Å². The number of aromatic nitrogens is 5. The Morgan fingerprint density at radius 2 is 2.00 bits per heavy atom. The van der Waals surface area contributed by atoms with Crippen molar-refractivity contribution in [3.05, 3.63) is 93.2 Å². The van der Waals surface area contributed by atoms with Crippen molar-refractivity contribution in [2.75, 3.05) is 13.7 Å². The van der Waals surface area contributed by atoms with Crippen molar-refractivity contribution in [2.45, 2.75) is 6.04 Å². The van der Waals surface area contributed by atoms with Crippen LogP contribution >= 0.6 is 15.9 Å². The molecule has 0 saturated heterocycles. The van der Waals surface area contributed by atoms with E-state index in [0.717, 1.165) is 11.1 Å². The van der Waals surface area contributed by atoms with E-state index >= 15 is 0 Å². The van der Waals surface area contributed by atoms with E-state index in [1.54, 1.807) is 43.8 Å². The van der Waals surface area contributed by atoms with Gasteiger partial charge in [-0.15, -0.1) is 0 Å². The molecule has 0 aliphatic heterocycles. The SMILES string of the molecule is COc1ccc(-c2n[nH]c3ccc(-c4ccn(C(CO)c5cc(F)cc(Br)c5)c(=O)c4)nc23)cn1.